The molecule has 1 aromatic carbocycles. The van der Waals surface area contributed by atoms with E-state index in [0.29, 0.717) is 12.8 Å². The molecule has 2 aliphatic heterocycles. The molecule has 0 spiro atoms. The Labute approximate surface area is 117 Å². The predicted octanol–water partition coefficient (Wildman–Crippen LogP) is 2.11. The van der Waals surface area contributed by atoms with Gasteiger partial charge in [0.25, 0.3) is 0 Å². The van der Waals surface area contributed by atoms with Gasteiger partial charge in [-0.05, 0) is 43.0 Å². The molecule has 0 unspecified atom stereocenters. The zero-order valence-corrected chi connectivity index (χ0v) is 11.1. The topological polar surface area (TPSA) is 49.4 Å². The summed E-state index contributed by atoms with van der Waals surface area (Å²) in [4.78, 5) is 26.4. The molecule has 0 aromatic heterocycles. The van der Waals surface area contributed by atoms with Gasteiger partial charge in [-0.1, -0.05) is 12.2 Å². The average Bonchev–Trinajstić information content (AvgIpc) is 3.03. The van der Waals surface area contributed by atoms with Crippen molar-refractivity contribution in [3.8, 4) is 0 Å². The number of rotatable bonds is 1. The van der Waals surface area contributed by atoms with Crippen molar-refractivity contribution >= 4 is 23.2 Å². The van der Waals surface area contributed by atoms with Gasteiger partial charge in [0.15, 0.2) is 0 Å². The van der Waals surface area contributed by atoms with Gasteiger partial charge >= 0.3 is 0 Å². The van der Waals surface area contributed by atoms with E-state index in [9.17, 15) is 9.59 Å². The Morgan fingerprint density at radius 2 is 1.75 bits per heavy atom. The second-order valence-electron chi connectivity index (χ2n) is 5.69. The summed E-state index contributed by atoms with van der Waals surface area (Å²) in [5, 5.41) is 3.29. The Kier molecular flexibility index (Phi) is 2.46. The maximum atomic E-state index is 12.5. The van der Waals surface area contributed by atoms with Crippen LogP contribution in [0.3, 0.4) is 0 Å². The average molecular weight is 268 g/mol. The van der Waals surface area contributed by atoms with Crippen LogP contribution in [0.5, 0.6) is 0 Å². The van der Waals surface area contributed by atoms with Crippen molar-refractivity contribution in [1.29, 1.82) is 0 Å². The highest BCUT2D eigenvalue weighted by molar-refractivity contribution is 6.22. The number of fused-ring (bicyclic) bond motifs is 2. The minimum atomic E-state index is -0.154. The third-order valence-electron chi connectivity index (χ3n) is 4.56. The first-order valence-electron chi connectivity index (χ1n) is 7.15. The molecule has 2 atom stereocenters. The smallest absolute Gasteiger partial charge is 0.238 e. The van der Waals surface area contributed by atoms with Gasteiger partial charge in [-0.15, -0.1) is 0 Å². The van der Waals surface area contributed by atoms with Crippen molar-refractivity contribution in [2.75, 3.05) is 16.8 Å². The second-order valence-corrected chi connectivity index (χ2v) is 5.69. The molecular weight excluding hydrogens is 252 g/mol. The minimum Gasteiger partial charge on any atom is -0.384 e. The molecule has 3 aliphatic rings. The van der Waals surface area contributed by atoms with E-state index in [0.717, 1.165) is 24.3 Å². The van der Waals surface area contributed by atoms with Crippen LogP contribution in [0.2, 0.25) is 0 Å². The maximum Gasteiger partial charge on any atom is 0.238 e. The zero-order valence-electron chi connectivity index (χ0n) is 11.1. The van der Waals surface area contributed by atoms with Gasteiger partial charge in [-0.2, -0.15) is 0 Å². The molecule has 0 saturated carbocycles. The van der Waals surface area contributed by atoms with E-state index >= 15 is 0 Å². The third kappa shape index (κ3) is 1.54. The molecule has 2 heterocycles. The van der Waals surface area contributed by atoms with E-state index in [1.807, 2.05) is 30.4 Å². The fourth-order valence-electron chi connectivity index (χ4n) is 3.49. The Morgan fingerprint density at radius 3 is 2.45 bits per heavy atom. The highest BCUT2D eigenvalue weighted by Crippen LogP contribution is 2.38. The van der Waals surface area contributed by atoms with Crippen LogP contribution in [0.25, 0.3) is 0 Å². The fraction of sp³-hybridized carbons (Fsp3) is 0.375. The Balaban J connectivity index is 1.72. The molecule has 1 fully saturated rings. The standard InChI is InChI=1S/C16H16N2O2/c19-15-12-3-1-2-4-13(12)16(20)18(15)11-5-6-14-10(9-11)7-8-17-14/h1-2,5-6,9,12-13,17H,3-4,7-8H2/t12-,13+. The summed E-state index contributed by atoms with van der Waals surface area (Å²) in [6, 6.07) is 5.83. The maximum absolute atomic E-state index is 12.5. The van der Waals surface area contributed by atoms with Crippen LogP contribution in [-0.2, 0) is 16.0 Å². The van der Waals surface area contributed by atoms with Crippen LogP contribution < -0.4 is 10.2 Å². The van der Waals surface area contributed by atoms with E-state index < -0.39 is 0 Å². The second kappa shape index (κ2) is 4.20. The number of hydrogen-bond donors (Lipinski definition) is 1. The first kappa shape index (κ1) is 11.7. The summed E-state index contributed by atoms with van der Waals surface area (Å²) in [5.74, 6) is -0.372. The lowest BCUT2D eigenvalue weighted by Gasteiger charge is -2.15. The largest absolute Gasteiger partial charge is 0.384 e. The van der Waals surface area contributed by atoms with Gasteiger partial charge in [0.05, 0.1) is 17.5 Å². The van der Waals surface area contributed by atoms with Gasteiger partial charge < -0.3 is 5.32 Å². The number of carbonyl (C=O) groups is 2. The summed E-state index contributed by atoms with van der Waals surface area (Å²) < 4.78 is 0. The Bertz CT molecular complexity index is 609. The molecule has 1 N–H and O–H groups in total. The van der Waals surface area contributed by atoms with E-state index in [1.165, 1.54) is 10.5 Å². The lowest BCUT2D eigenvalue weighted by Crippen LogP contribution is -2.30. The van der Waals surface area contributed by atoms with Gasteiger partial charge in [-0.3, -0.25) is 14.5 Å². The first-order chi connectivity index (χ1) is 9.75. The highest BCUT2D eigenvalue weighted by Gasteiger charge is 2.47. The molecule has 0 bridgehead atoms. The number of allylic oxidation sites excluding steroid dienone is 2. The molecule has 1 aliphatic carbocycles. The number of nitrogens with one attached hydrogen (secondary N) is 1. The van der Waals surface area contributed by atoms with Crippen molar-refractivity contribution in [2.45, 2.75) is 19.3 Å². The quantitative estimate of drug-likeness (QED) is 0.627. The van der Waals surface area contributed by atoms with Crippen LogP contribution in [-0.4, -0.2) is 18.4 Å². The van der Waals surface area contributed by atoms with Gasteiger partial charge in [0.1, 0.15) is 0 Å². The predicted molar refractivity (Wildman–Crippen MR) is 76.5 cm³/mol. The van der Waals surface area contributed by atoms with Crippen molar-refractivity contribution in [3.05, 3.63) is 35.9 Å². The van der Waals surface area contributed by atoms with Crippen LogP contribution >= 0.6 is 0 Å². The number of anilines is 2. The number of benzene rings is 1. The molecule has 4 nitrogen and oxygen atoms in total. The molecule has 2 amide bonds. The summed E-state index contributed by atoms with van der Waals surface area (Å²) in [6.07, 6.45) is 6.37. The summed E-state index contributed by atoms with van der Waals surface area (Å²) in [7, 11) is 0. The van der Waals surface area contributed by atoms with Crippen LogP contribution in [0, 0.1) is 11.8 Å². The molecule has 1 saturated heterocycles. The lowest BCUT2D eigenvalue weighted by atomic mass is 9.85. The summed E-state index contributed by atoms with van der Waals surface area (Å²) >= 11 is 0. The summed E-state index contributed by atoms with van der Waals surface area (Å²) in [6.45, 7) is 0.926. The van der Waals surface area contributed by atoms with Crippen molar-refractivity contribution in [1.82, 2.24) is 0 Å². The normalized spacial score (nSPS) is 27.5. The highest BCUT2D eigenvalue weighted by atomic mass is 16.2. The Hall–Kier alpha value is -2.10. The van der Waals surface area contributed by atoms with Crippen molar-refractivity contribution in [2.24, 2.45) is 11.8 Å². The van der Waals surface area contributed by atoms with E-state index in [1.54, 1.807) is 0 Å². The SMILES string of the molecule is O=C1[C@H]2CC=CC[C@H]2C(=O)N1c1ccc2c(c1)CCN2. The van der Waals surface area contributed by atoms with E-state index in [4.69, 9.17) is 0 Å². The third-order valence-corrected chi connectivity index (χ3v) is 4.56. The molecule has 20 heavy (non-hydrogen) atoms. The number of amides is 2. The zero-order chi connectivity index (χ0) is 13.7. The van der Waals surface area contributed by atoms with Gasteiger partial charge in [-0.25, -0.2) is 0 Å². The van der Waals surface area contributed by atoms with Crippen molar-refractivity contribution < 1.29 is 9.59 Å². The van der Waals surface area contributed by atoms with E-state index in [-0.39, 0.29) is 23.7 Å². The van der Waals surface area contributed by atoms with E-state index in [2.05, 4.69) is 5.32 Å². The molecule has 4 rings (SSSR count). The number of imide groups is 1. The molecule has 4 heteroatoms. The molecular formula is C16H16N2O2. The lowest BCUT2D eigenvalue weighted by molar-refractivity contribution is -0.122. The molecule has 1 aromatic rings. The van der Waals surface area contributed by atoms with Crippen LogP contribution in [0.15, 0.2) is 30.4 Å². The number of hydrogen-bond acceptors (Lipinski definition) is 3. The van der Waals surface area contributed by atoms with Crippen LogP contribution in [0.4, 0.5) is 11.4 Å². The number of nitrogens with zero attached hydrogens (tertiary/aromatic N) is 1. The van der Waals surface area contributed by atoms with Crippen molar-refractivity contribution in [3.63, 3.8) is 0 Å². The first-order valence-corrected chi connectivity index (χ1v) is 7.15. The number of carbonyl (C=O) groups excluding carboxylic acids is 2. The Morgan fingerprint density at radius 1 is 1.05 bits per heavy atom. The minimum absolute atomic E-state index is 0.0322. The molecule has 102 valence electrons. The fourth-order valence-corrected chi connectivity index (χ4v) is 3.49. The van der Waals surface area contributed by atoms with Gasteiger partial charge in [0.2, 0.25) is 11.8 Å². The monoisotopic (exact) mass is 268 g/mol. The van der Waals surface area contributed by atoms with Crippen LogP contribution in [0.1, 0.15) is 18.4 Å². The summed E-state index contributed by atoms with van der Waals surface area (Å²) in [5.41, 5.74) is 3.04. The molecule has 0 radical (unpaired) electrons. The van der Waals surface area contributed by atoms with Gasteiger partial charge in [0, 0.05) is 12.2 Å².